The van der Waals surface area contributed by atoms with Crippen LogP contribution >= 0.6 is 0 Å². The van der Waals surface area contributed by atoms with E-state index in [1.54, 1.807) is 4.90 Å². The van der Waals surface area contributed by atoms with Crippen molar-refractivity contribution in [1.82, 2.24) is 4.90 Å². The molecule has 0 atom stereocenters. The Balaban J connectivity index is 1.67. The highest BCUT2D eigenvalue weighted by Gasteiger charge is 2.29. The summed E-state index contributed by atoms with van der Waals surface area (Å²) in [6.45, 7) is 7.72. The summed E-state index contributed by atoms with van der Waals surface area (Å²) in [5.74, 6) is 1.07. The zero-order valence-electron chi connectivity index (χ0n) is 13.7. The molecule has 1 aliphatic heterocycles. The van der Waals surface area contributed by atoms with Gasteiger partial charge in [-0.25, -0.2) is 14.8 Å². The molecule has 2 aromatic carbocycles. The lowest BCUT2D eigenvalue weighted by atomic mass is 10.0. The standard InChI is InChI=1S/C20H17N3O2/c1-3-22-19(21-2)12-23-11-15-9-17-14(10-18(15)25-20(23)24)8-13-6-4-5-7-16(13)17/h3-7,9-10H,1-2,8,11-12H2. The van der Waals surface area contributed by atoms with Gasteiger partial charge in [-0.3, -0.25) is 4.90 Å². The zero-order valence-corrected chi connectivity index (χ0v) is 13.7. The Labute approximate surface area is 146 Å². The Morgan fingerprint density at radius 2 is 2.04 bits per heavy atom. The number of benzene rings is 2. The Kier molecular flexibility index (Phi) is 3.69. The predicted octanol–water partition coefficient (Wildman–Crippen LogP) is 3.81. The summed E-state index contributed by atoms with van der Waals surface area (Å²) in [4.78, 5) is 21.7. The van der Waals surface area contributed by atoms with Crippen molar-refractivity contribution in [1.29, 1.82) is 0 Å². The molecule has 5 heteroatoms. The summed E-state index contributed by atoms with van der Waals surface area (Å²) in [5.41, 5.74) is 5.96. The van der Waals surface area contributed by atoms with Crippen LogP contribution in [0.5, 0.6) is 5.75 Å². The molecule has 1 amide bonds. The van der Waals surface area contributed by atoms with Crippen LogP contribution < -0.4 is 4.74 Å². The third-order valence-corrected chi connectivity index (χ3v) is 4.55. The van der Waals surface area contributed by atoms with E-state index in [4.69, 9.17) is 4.74 Å². The normalized spacial score (nSPS) is 15.1. The fourth-order valence-electron chi connectivity index (χ4n) is 3.38. The van der Waals surface area contributed by atoms with E-state index >= 15 is 0 Å². The maximum absolute atomic E-state index is 12.3. The third-order valence-electron chi connectivity index (χ3n) is 4.55. The number of hydrogen-bond acceptors (Lipinski definition) is 3. The van der Waals surface area contributed by atoms with Crippen LogP contribution in [0.2, 0.25) is 0 Å². The average molecular weight is 331 g/mol. The molecular formula is C20H17N3O2. The molecule has 5 nitrogen and oxygen atoms in total. The van der Waals surface area contributed by atoms with E-state index in [9.17, 15) is 4.79 Å². The third kappa shape index (κ3) is 2.63. The second kappa shape index (κ2) is 6.02. The highest BCUT2D eigenvalue weighted by Crippen LogP contribution is 2.41. The van der Waals surface area contributed by atoms with Gasteiger partial charge in [-0.2, -0.15) is 0 Å². The van der Waals surface area contributed by atoms with E-state index < -0.39 is 6.09 Å². The Morgan fingerprint density at radius 3 is 2.84 bits per heavy atom. The van der Waals surface area contributed by atoms with Gasteiger partial charge < -0.3 is 4.74 Å². The Bertz CT molecular complexity index is 931. The SMILES string of the molecule is C=CN=C(CN1Cc2cc3c(cc2OC1=O)Cc1ccccc1-3)N=C. The fourth-order valence-corrected chi connectivity index (χ4v) is 3.38. The smallest absolute Gasteiger partial charge is 0.410 e. The molecule has 2 aromatic rings. The summed E-state index contributed by atoms with van der Waals surface area (Å²) in [5, 5.41) is 0. The second-order valence-corrected chi connectivity index (χ2v) is 6.06. The number of nitrogens with zero attached hydrogens (tertiary/aromatic N) is 3. The minimum Gasteiger partial charge on any atom is -0.410 e. The van der Waals surface area contributed by atoms with Gasteiger partial charge in [0.1, 0.15) is 11.6 Å². The van der Waals surface area contributed by atoms with Gasteiger partial charge >= 0.3 is 6.09 Å². The van der Waals surface area contributed by atoms with Crippen molar-refractivity contribution in [3.63, 3.8) is 0 Å². The van der Waals surface area contributed by atoms with E-state index in [1.165, 1.54) is 28.5 Å². The zero-order chi connectivity index (χ0) is 17.4. The maximum Gasteiger partial charge on any atom is 0.415 e. The van der Waals surface area contributed by atoms with Crippen LogP contribution in [0.15, 0.2) is 59.2 Å². The van der Waals surface area contributed by atoms with Crippen molar-refractivity contribution in [3.8, 4) is 16.9 Å². The summed E-state index contributed by atoms with van der Waals surface area (Å²) < 4.78 is 5.54. The molecule has 124 valence electrons. The van der Waals surface area contributed by atoms with Crippen molar-refractivity contribution in [3.05, 3.63) is 65.9 Å². The summed E-state index contributed by atoms with van der Waals surface area (Å²) >= 11 is 0. The van der Waals surface area contributed by atoms with E-state index in [2.05, 4.69) is 47.5 Å². The van der Waals surface area contributed by atoms with E-state index in [1.807, 2.05) is 12.1 Å². The molecule has 0 fully saturated rings. The lowest BCUT2D eigenvalue weighted by molar-refractivity contribution is 0.146. The van der Waals surface area contributed by atoms with Crippen molar-refractivity contribution < 1.29 is 9.53 Å². The number of amidine groups is 1. The van der Waals surface area contributed by atoms with E-state index in [0.717, 1.165) is 12.0 Å². The van der Waals surface area contributed by atoms with E-state index in [-0.39, 0.29) is 6.54 Å². The van der Waals surface area contributed by atoms with Gasteiger partial charge in [0.2, 0.25) is 0 Å². The minimum atomic E-state index is -0.400. The van der Waals surface area contributed by atoms with Crippen LogP contribution in [0, 0.1) is 0 Å². The first-order valence-corrected chi connectivity index (χ1v) is 8.04. The molecular weight excluding hydrogens is 314 g/mol. The molecule has 0 spiro atoms. The van der Waals surface area contributed by atoms with Crippen LogP contribution in [0.1, 0.15) is 16.7 Å². The fraction of sp³-hybridized carbons (Fsp3) is 0.150. The second-order valence-electron chi connectivity index (χ2n) is 6.06. The quantitative estimate of drug-likeness (QED) is 0.541. The summed E-state index contributed by atoms with van der Waals surface area (Å²) in [6, 6.07) is 12.5. The monoisotopic (exact) mass is 331 g/mol. The largest absolute Gasteiger partial charge is 0.415 e. The van der Waals surface area contributed by atoms with Crippen LogP contribution in [0.4, 0.5) is 4.79 Å². The van der Waals surface area contributed by atoms with Crippen molar-refractivity contribution in [2.24, 2.45) is 9.98 Å². The first kappa shape index (κ1) is 15.3. The van der Waals surface area contributed by atoms with Gasteiger partial charge in [0.15, 0.2) is 0 Å². The predicted molar refractivity (Wildman–Crippen MR) is 98.3 cm³/mol. The molecule has 4 rings (SSSR count). The maximum atomic E-state index is 12.3. The summed E-state index contributed by atoms with van der Waals surface area (Å²) in [6.07, 6.45) is 1.86. The number of carbonyl (C=O) groups excluding carboxylic acids is 1. The number of rotatable bonds is 3. The van der Waals surface area contributed by atoms with E-state index in [0.29, 0.717) is 18.1 Å². The number of ether oxygens (including phenoxy) is 1. The molecule has 0 unspecified atom stereocenters. The highest BCUT2D eigenvalue weighted by atomic mass is 16.6. The Hall–Kier alpha value is -3.21. The first-order chi connectivity index (χ1) is 12.2. The van der Waals surface area contributed by atoms with Crippen LogP contribution in [-0.2, 0) is 13.0 Å². The van der Waals surface area contributed by atoms with Gasteiger partial charge in [-0.15, -0.1) is 0 Å². The van der Waals surface area contributed by atoms with Crippen LogP contribution in [-0.4, -0.2) is 30.1 Å². The van der Waals surface area contributed by atoms with Gasteiger partial charge in [-0.05, 0) is 47.5 Å². The van der Waals surface area contributed by atoms with Crippen molar-refractivity contribution >= 4 is 18.6 Å². The van der Waals surface area contributed by atoms with Gasteiger partial charge in [0.05, 0.1) is 13.1 Å². The molecule has 1 heterocycles. The van der Waals surface area contributed by atoms with Gasteiger partial charge in [0, 0.05) is 11.8 Å². The van der Waals surface area contributed by atoms with Gasteiger partial charge in [0.25, 0.3) is 0 Å². The van der Waals surface area contributed by atoms with Gasteiger partial charge in [-0.1, -0.05) is 30.8 Å². The lowest BCUT2D eigenvalue weighted by Gasteiger charge is -2.28. The number of hydrogen-bond donors (Lipinski definition) is 0. The number of carbonyl (C=O) groups is 1. The topological polar surface area (TPSA) is 54.3 Å². The Morgan fingerprint density at radius 1 is 1.20 bits per heavy atom. The molecule has 0 saturated heterocycles. The van der Waals surface area contributed by atoms with Crippen molar-refractivity contribution in [2.75, 3.05) is 6.54 Å². The molecule has 0 bridgehead atoms. The average Bonchev–Trinajstić information content (AvgIpc) is 2.97. The molecule has 1 aliphatic carbocycles. The highest BCUT2D eigenvalue weighted by molar-refractivity contribution is 5.91. The molecule has 2 aliphatic rings. The number of amides is 1. The lowest BCUT2D eigenvalue weighted by Crippen LogP contribution is -2.40. The first-order valence-electron chi connectivity index (χ1n) is 8.04. The summed E-state index contributed by atoms with van der Waals surface area (Å²) in [7, 11) is 0. The minimum absolute atomic E-state index is 0.238. The van der Waals surface area contributed by atoms with Crippen LogP contribution in [0.25, 0.3) is 11.1 Å². The van der Waals surface area contributed by atoms with Crippen molar-refractivity contribution in [2.45, 2.75) is 13.0 Å². The number of aliphatic imine (C=N–C) groups is 2. The molecule has 0 saturated carbocycles. The number of fused-ring (bicyclic) bond motifs is 4. The van der Waals surface area contributed by atoms with Crippen LogP contribution in [0.3, 0.4) is 0 Å². The molecule has 0 N–H and O–H groups in total. The molecule has 0 radical (unpaired) electrons. The molecule has 0 aromatic heterocycles. The molecule has 25 heavy (non-hydrogen) atoms.